The average molecular weight is 579 g/mol. The summed E-state index contributed by atoms with van der Waals surface area (Å²) >= 11 is 11.6. The molecule has 7 nitrogen and oxygen atoms in total. The van der Waals surface area contributed by atoms with E-state index in [4.69, 9.17) is 11.6 Å². The maximum Gasteiger partial charge on any atom is 0.248 e. The van der Waals surface area contributed by atoms with E-state index in [-0.39, 0.29) is 34.4 Å². The van der Waals surface area contributed by atoms with E-state index in [9.17, 15) is 19.5 Å². The van der Waals surface area contributed by atoms with Crippen LogP contribution in [0, 0.1) is 11.8 Å². The number of benzene rings is 2. The Kier molecular flexibility index (Phi) is 6.63. The molecular formula is C25H25BrClN3O4S. The number of hydrogen-bond donors (Lipinski definition) is 3. The Morgan fingerprint density at radius 3 is 2.54 bits per heavy atom. The summed E-state index contributed by atoms with van der Waals surface area (Å²) in [7, 11) is 0. The number of thioether (sulfide) groups is 1. The van der Waals surface area contributed by atoms with Crippen LogP contribution < -0.4 is 10.6 Å². The first-order chi connectivity index (χ1) is 16.8. The molecule has 3 N–H and O–H groups in total. The fraction of sp³-hybridized carbons (Fsp3) is 0.400. The summed E-state index contributed by atoms with van der Waals surface area (Å²) in [5.41, 5.74) is 1.11. The van der Waals surface area contributed by atoms with Crippen LogP contribution in [-0.2, 0) is 14.4 Å². The van der Waals surface area contributed by atoms with Crippen LogP contribution >= 0.6 is 39.3 Å². The largest absolute Gasteiger partial charge is 0.394 e. The van der Waals surface area contributed by atoms with Crippen LogP contribution in [0.3, 0.4) is 0 Å². The SMILES string of the molecule is C[C@H](CO)N1C(=O)[C@@H]2[C@H](C(=O)Nc3ccccc3)[C@H]3SC2(CC3Br)C1C(=O)Nc1ccccc1Cl. The van der Waals surface area contributed by atoms with E-state index in [0.29, 0.717) is 22.8 Å². The summed E-state index contributed by atoms with van der Waals surface area (Å²) in [5, 5.41) is 16.0. The third-order valence-corrected chi connectivity index (χ3v) is 10.7. The molecule has 10 heteroatoms. The van der Waals surface area contributed by atoms with Crippen LogP contribution in [0.4, 0.5) is 11.4 Å². The van der Waals surface area contributed by atoms with Crippen molar-refractivity contribution < 1.29 is 19.5 Å². The van der Waals surface area contributed by atoms with Crippen molar-refractivity contribution in [3.63, 3.8) is 0 Å². The molecule has 2 bridgehead atoms. The number of fused-ring (bicyclic) bond motifs is 1. The van der Waals surface area contributed by atoms with Gasteiger partial charge in [-0.3, -0.25) is 14.4 Å². The van der Waals surface area contributed by atoms with Crippen molar-refractivity contribution in [3.05, 3.63) is 59.6 Å². The maximum atomic E-state index is 13.9. The summed E-state index contributed by atoms with van der Waals surface area (Å²) in [5.74, 6) is -2.16. The first-order valence-corrected chi connectivity index (χ1v) is 13.6. The molecule has 3 saturated heterocycles. The first kappa shape index (κ1) is 24.6. The number of carbonyl (C=O) groups excluding carboxylic acids is 3. The molecule has 0 saturated carbocycles. The Morgan fingerprint density at radius 2 is 1.86 bits per heavy atom. The van der Waals surface area contributed by atoms with Gasteiger partial charge in [-0.05, 0) is 37.6 Å². The predicted octanol–water partition coefficient (Wildman–Crippen LogP) is 3.76. The Hall–Kier alpha value is -2.07. The number of nitrogens with one attached hydrogen (secondary N) is 2. The van der Waals surface area contributed by atoms with Gasteiger partial charge in [-0.2, -0.15) is 0 Å². The molecule has 184 valence electrons. The van der Waals surface area contributed by atoms with E-state index in [0.717, 1.165) is 0 Å². The Labute approximate surface area is 221 Å². The van der Waals surface area contributed by atoms with Crippen molar-refractivity contribution in [2.45, 2.75) is 40.3 Å². The van der Waals surface area contributed by atoms with Gasteiger partial charge in [0.05, 0.1) is 39.9 Å². The number of anilines is 2. The summed E-state index contributed by atoms with van der Waals surface area (Å²) < 4.78 is -0.802. The number of alkyl halides is 1. The monoisotopic (exact) mass is 577 g/mol. The highest BCUT2D eigenvalue weighted by Gasteiger charge is 2.76. The van der Waals surface area contributed by atoms with Crippen LogP contribution in [0.1, 0.15) is 13.3 Å². The van der Waals surface area contributed by atoms with Gasteiger partial charge in [0.25, 0.3) is 0 Å². The predicted molar refractivity (Wildman–Crippen MR) is 141 cm³/mol. The Morgan fingerprint density at radius 1 is 1.17 bits per heavy atom. The number of hydrogen-bond acceptors (Lipinski definition) is 5. The summed E-state index contributed by atoms with van der Waals surface area (Å²) in [6.07, 6.45) is 0.559. The van der Waals surface area contributed by atoms with Gasteiger partial charge in [-0.25, -0.2) is 0 Å². The molecule has 3 unspecified atom stereocenters. The third-order valence-electron chi connectivity index (χ3n) is 7.19. The van der Waals surface area contributed by atoms with Gasteiger partial charge in [0, 0.05) is 15.8 Å². The number of para-hydroxylation sites is 2. The van der Waals surface area contributed by atoms with Crippen molar-refractivity contribution in [3.8, 4) is 0 Å². The zero-order valence-corrected chi connectivity index (χ0v) is 22.0. The lowest BCUT2D eigenvalue weighted by molar-refractivity contribution is -0.140. The van der Waals surface area contributed by atoms with Crippen molar-refractivity contribution in [2.24, 2.45) is 11.8 Å². The van der Waals surface area contributed by atoms with Crippen LogP contribution in [0.15, 0.2) is 54.6 Å². The molecule has 2 aromatic carbocycles. The molecular weight excluding hydrogens is 554 g/mol. The minimum atomic E-state index is -0.858. The zero-order valence-electron chi connectivity index (χ0n) is 18.9. The maximum absolute atomic E-state index is 13.9. The van der Waals surface area contributed by atoms with Crippen LogP contribution in [-0.4, -0.2) is 61.2 Å². The molecule has 0 aliphatic carbocycles. The van der Waals surface area contributed by atoms with E-state index in [1.807, 2.05) is 18.2 Å². The number of carbonyl (C=O) groups is 3. The topological polar surface area (TPSA) is 98.7 Å². The highest BCUT2D eigenvalue weighted by Crippen LogP contribution is 2.68. The highest BCUT2D eigenvalue weighted by atomic mass is 79.9. The lowest BCUT2D eigenvalue weighted by atomic mass is 9.70. The number of nitrogens with zero attached hydrogens (tertiary/aromatic N) is 1. The van der Waals surface area contributed by atoms with E-state index < -0.39 is 28.7 Å². The van der Waals surface area contributed by atoms with Gasteiger partial charge in [0.15, 0.2) is 0 Å². The Balaban J connectivity index is 1.52. The number of rotatable bonds is 6. The van der Waals surface area contributed by atoms with Crippen molar-refractivity contribution in [1.29, 1.82) is 0 Å². The number of aliphatic hydroxyl groups excluding tert-OH is 1. The van der Waals surface area contributed by atoms with Gasteiger partial charge in [-0.1, -0.05) is 57.9 Å². The number of likely N-dealkylation sites (tertiary alicyclic amines) is 1. The molecule has 0 aromatic heterocycles. The fourth-order valence-electron chi connectivity index (χ4n) is 5.74. The Bertz CT molecular complexity index is 1170. The zero-order chi connectivity index (χ0) is 24.9. The molecule has 3 fully saturated rings. The minimum absolute atomic E-state index is 0.0388. The molecule has 0 radical (unpaired) electrons. The van der Waals surface area contributed by atoms with Crippen molar-refractivity contribution in [2.75, 3.05) is 17.2 Å². The second-order valence-corrected chi connectivity index (χ2v) is 12.4. The van der Waals surface area contributed by atoms with Gasteiger partial charge >= 0.3 is 0 Å². The minimum Gasteiger partial charge on any atom is -0.394 e. The van der Waals surface area contributed by atoms with E-state index >= 15 is 0 Å². The number of aliphatic hydroxyl groups is 1. The smallest absolute Gasteiger partial charge is 0.248 e. The molecule has 3 aliphatic heterocycles. The van der Waals surface area contributed by atoms with Crippen molar-refractivity contribution in [1.82, 2.24) is 4.90 Å². The molecule has 2 aromatic rings. The molecule has 35 heavy (non-hydrogen) atoms. The molecule has 7 atom stereocenters. The van der Waals surface area contributed by atoms with Gasteiger partial charge in [0.1, 0.15) is 6.04 Å². The average Bonchev–Trinajstić information content (AvgIpc) is 3.44. The molecule has 5 rings (SSSR count). The van der Waals surface area contributed by atoms with Gasteiger partial charge < -0.3 is 20.6 Å². The van der Waals surface area contributed by atoms with E-state index in [2.05, 4.69) is 26.6 Å². The third kappa shape index (κ3) is 3.97. The fourth-order valence-corrected chi connectivity index (χ4v) is 9.52. The lowest BCUT2D eigenvalue weighted by Crippen LogP contribution is -2.54. The normalized spacial score (nSPS) is 31.8. The standard InChI is InChI=1S/C25H25BrClN3O4S/c1-13(12-31)30-21(23(33)29-17-10-6-5-9-16(17)27)25-11-15(26)20(35-25)18(19(25)24(30)34)22(32)28-14-7-3-2-4-8-14/h2-10,13,15,18-21,31H,11-12H2,1H3,(H,28,32)(H,29,33)/t13-,15?,18+,19+,20+,21?,25?/m1/s1. The molecule has 3 aliphatic rings. The van der Waals surface area contributed by atoms with E-state index in [1.165, 1.54) is 4.90 Å². The van der Waals surface area contributed by atoms with Crippen LogP contribution in [0.25, 0.3) is 0 Å². The van der Waals surface area contributed by atoms with Crippen LogP contribution in [0.2, 0.25) is 5.02 Å². The quantitative estimate of drug-likeness (QED) is 0.454. The molecule has 1 spiro atoms. The lowest BCUT2D eigenvalue weighted by Gasteiger charge is -2.36. The summed E-state index contributed by atoms with van der Waals surface area (Å²) in [6.45, 7) is 1.42. The molecule has 3 heterocycles. The van der Waals surface area contributed by atoms with Crippen LogP contribution in [0.5, 0.6) is 0 Å². The number of halogens is 2. The van der Waals surface area contributed by atoms with Gasteiger partial charge in [0.2, 0.25) is 17.7 Å². The summed E-state index contributed by atoms with van der Waals surface area (Å²) in [4.78, 5) is 42.6. The summed E-state index contributed by atoms with van der Waals surface area (Å²) in [6, 6.07) is 14.6. The van der Waals surface area contributed by atoms with Crippen molar-refractivity contribution >= 4 is 68.4 Å². The number of amides is 3. The highest BCUT2D eigenvalue weighted by molar-refractivity contribution is 9.09. The molecule has 3 amide bonds. The second kappa shape index (κ2) is 9.42. The van der Waals surface area contributed by atoms with Gasteiger partial charge in [-0.15, -0.1) is 11.8 Å². The first-order valence-electron chi connectivity index (χ1n) is 11.4. The van der Waals surface area contributed by atoms with E-state index in [1.54, 1.807) is 55.1 Å². The second-order valence-electron chi connectivity index (χ2n) is 9.27.